The normalized spacial score (nSPS) is 11.2. The molecule has 0 spiro atoms. The van der Waals surface area contributed by atoms with Gasteiger partial charge in [-0.3, -0.25) is 5.41 Å². The summed E-state index contributed by atoms with van der Waals surface area (Å²) in [4.78, 5) is 4.96. The third-order valence-corrected chi connectivity index (χ3v) is 6.38. The predicted octanol–water partition coefficient (Wildman–Crippen LogP) is 6.89. The van der Waals surface area contributed by atoms with Crippen molar-refractivity contribution in [2.45, 2.75) is 39.3 Å². The molecule has 0 saturated carbocycles. The van der Waals surface area contributed by atoms with Crippen LogP contribution in [0, 0.1) is 5.41 Å². The van der Waals surface area contributed by atoms with Gasteiger partial charge in [0.05, 0.1) is 17.4 Å². The molecule has 0 aliphatic carbocycles. The van der Waals surface area contributed by atoms with E-state index < -0.39 is 0 Å². The summed E-state index contributed by atoms with van der Waals surface area (Å²) in [7, 11) is 0. The van der Waals surface area contributed by atoms with Gasteiger partial charge in [0.2, 0.25) is 0 Å². The molecule has 34 heavy (non-hydrogen) atoms. The molecule has 0 atom stereocenters. The Morgan fingerprint density at radius 1 is 0.765 bits per heavy atom. The molecule has 0 saturated heterocycles. The van der Waals surface area contributed by atoms with Crippen LogP contribution in [0.4, 0.5) is 0 Å². The number of hydrogen-bond donors (Lipinski definition) is 1. The van der Waals surface area contributed by atoms with Gasteiger partial charge in [-0.1, -0.05) is 111 Å². The van der Waals surface area contributed by atoms with Crippen molar-refractivity contribution in [2.24, 2.45) is 0 Å². The summed E-state index contributed by atoms with van der Waals surface area (Å²) in [5.41, 5.74) is 7.04. The van der Waals surface area contributed by atoms with Crippen LogP contribution in [0.5, 0.6) is 0 Å². The van der Waals surface area contributed by atoms with Crippen molar-refractivity contribution in [3.8, 4) is 22.4 Å². The van der Waals surface area contributed by atoms with Crippen LogP contribution in [0.15, 0.2) is 97.3 Å². The van der Waals surface area contributed by atoms with E-state index in [-0.39, 0.29) is 0 Å². The van der Waals surface area contributed by atoms with Crippen LogP contribution in [0.25, 0.3) is 33.4 Å². The summed E-state index contributed by atoms with van der Waals surface area (Å²) in [5.74, 6) is 0. The van der Waals surface area contributed by atoms with Gasteiger partial charge in [0, 0.05) is 18.7 Å². The maximum absolute atomic E-state index is 9.23. The zero-order valence-corrected chi connectivity index (χ0v) is 19.6. The predicted molar refractivity (Wildman–Crippen MR) is 140 cm³/mol. The highest BCUT2D eigenvalue weighted by Crippen LogP contribution is 2.39. The first kappa shape index (κ1) is 21.9. The molecular formula is C30H30N4. The lowest BCUT2D eigenvalue weighted by molar-refractivity contribution is 0.574. The number of aryl methyl sites for hydroxylation is 1. The van der Waals surface area contributed by atoms with Gasteiger partial charge in [-0.25, -0.2) is 4.98 Å². The highest BCUT2D eigenvalue weighted by Gasteiger charge is 2.23. The Morgan fingerprint density at radius 2 is 1.38 bits per heavy atom. The quantitative estimate of drug-likeness (QED) is 0.259. The Labute approximate surface area is 200 Å². The van der Waals surface area contributed by atoms with Gasteiger partial charge in [-0.2, -0.15) is 0 Å². The fourth-order valence-corrected chi connectivity index (χ4v) is 4.69. The molecule has 4 nitrogen and oxygen atoms in total. The second-order valence-electron chi connectivity index (χ2n) is 8.72. The Bertz CT molecular complexity index is 1430. The number of benzene rings is 3. The number of aromatic nitrogens is 3. The van der Waals surface area contributed by atoms with E-state index in [4.69, 9.17) is 4.98 Å². The van der Waals surface area contributed by atoms with Crippen LogP contribution in [0.1, 0.15) is 31.7 Å². The second-order valence-corrected chi connectivity index (χ2v) is 8.72. The molecular weight excluding hydrogens is 416 g/mol. The van der Waals surface area contributed by atoms with Crippen LogP contribution in [0.3, 0.4) is 0 Å². The molecule has 0 unspecified atom stereocenters. The van der Waals surface area contributed by atoms with E-state index in [0.29, 0.717) is 12.0 Å². The lowest BCUT2D eigenvalue weighted by Gasteiger charge is -2.13. The fraction of sp³-hybridized carbons (Fsp3) is 0.200. The van der Waals surface area contributed by atoms with Crippen molar-refractivity contribution in [3.63, 3.8) is 0 Å². The Hall–Kier alpha value is -3.92. The van der Waals surface area contributed by atoms with Crippen LogP contribution in [-0.4, -0.2) is 14.1 Å². The van der Waals surface area contributed by atoms with E-state index in [2.05, 4.69) is 84.3 Å². The van der Waals surface area contributed by atoms with Crippen molar-refractivity contribution in [1.29, 1.82) is 5.41 Å². The van der Waals surface area contributed by atoms with Gasteiger partial charge in [0.25, 0.3) is 0 Å². The largest absolute Gasteiger partial charge is 0.320 e. The summed E-state index contributed by atoms with van der Waals surface area (Å²) >= 11 is 0. The van der Waals surface area contributed by atoms with Gasteiger partial charge in [-0.05, 0) is 23.1 Å². The Morgan fingerprint density at radius 3 is 2.03 bits per heavy atom. The first-order valence-electron chi connectivity index (χ1n) is 12.1. The Kier molecular flexibility index (Phi) is 6.39. The first-order valence-corrected chi connectivity index (χ1v) is 12.1. The number of nitrogens with one attached hydrogen (secondary N) is 1. The summed E-state index contributed by atoms with van der Waals surface area (Å²) in [5, 5.41) is 10.1. The second kappa shape index (κ2) is 9.92. The SMILES string of the molecule is CCCCCn1cnc2c(c(-c3ccccc3)c(-c3ccccc3)n2Cc2ccccc2)c1=N. The third-order valence-electron chi connectivity index (χ3n) is 6.38. The average molecular weight is 447 g/mol. The summed E-state index contributed by atoms with van der Waals surface area (Å²) in [6.07, 6.45) is 5.22. The molecule has 0 amide bonds. The van der Waals surface area contributed by atoms with E-state index in [0.717, 1.165) is 59.2 Å². The van der Waals surface area contributed by atoms with E-state index in [1.165, 1.54) is 5.56 Å². The van der Waals surface area contributed by atoms with Gasteiger partial charge < -0.3 is 9.13 Å². The zero-order chi connectivity index (χ0) is 23.3. The fourth-order valence-electron chi connectivity index (χ4n) is 4.69. The average Bonchev–Trinajstić information content (AvgIpc) is 3.22. The summed E-state index contributed by atoms with van der Waals surface area (Å²) in [6.45, 7) is 3.71. The topological polar surface area (TPSA) is 46.6 Å². The first-order chi connectivity index (χ1) is 16.8. The molecule has 2 aromatic heterocycles. The maximum atomic E-state index is 9.23. The van der Waals surface area contributed by atoms with Gasteiger partial charge in [0.1, 0.15) is 11.1 Å². The standard InChI is InChI=1S/C30H30N4/c1-2-3-13-20-33-22-32-30-27(29(33)31)26(24-16-9-5-10-17-24)28(25-18-11-6-12-19-25)34(30)21-23-14-7-4-8-15-23/h4-12,14-19,22,31H,2-3,13,20-21H2,1H3. The van der Waals surface area contributed by atoms with Crippen LogP contribution in [-0.2, 0) is 13.1 Å². The number of rotatable bonds is 8. The molecule has 3 aromatic carbocycles. The highest BCUT2D eigenvalue weighted by atomic mass is 15.1. The van der Waals surface area contributed by atoms with Crippen molar-refractivity contribution < 1.29 is 0 Å². The van der Waals surface area contributed by atoms with E-state index in [1.807, 2.05) is 29.1 Å². The molecule has 0 aliphatic heterocycles. The van der Waals surface area contributed by atoms with Crippen LogP contribution in [0.2, 0.25) is 0 Å². The molecule has 5 aromatic rings. The lowest BCUT2D eigenvalue weighted by Crippen LogP contribution is -2.21. The molecule has 4 heteroatoms. The Balaban J connectivity index is 1.83. The minimum absolute atomic E-state index is 0.531. The van der Waals surface area contributed by atoms with Crippen LogP contribution >= 0.6 is 0 Å². The van der Waals surface area contributed by atoms with E-state index in [1.54, 1.807) is 0 Å². The highest BCUT2D eigenvalue weighted by molar-refractivity contribution is 6.02. The molecule has 0 aliphatic rings. The molecule has 5 rings (SSSR count). The van der Waals surface area contributed by atoms with Crippen molar-refractivity contribution in [1.82, 2.24) is 14.1 Å². The molecule has 1 N–H and O–H groups in total. The van der Waals surface area contributed by atoms with E-state index >= 15 is 0 Å². The number of unbranched alkanes of at least 4 members (excludes halogenated alkanes) is 2. The number of hydrogen-bond acceptors (Lipinski definition) is 2. The van der Waals surface area contributed by atoms with Gasteiger partial charge >= 0.3 is 0 Å². The monoisotopic (exact) mass is 446 g/mol. The maximum Gasteiger partial charge on any atom is 0.146 e. The van der Waals surface area contributed by atoms with E-state index in [9.17, 15) is 5.41 Å². The molecule has 0 fully saturated rings. The summed E-state index contributed by atoms with van der Waals surface area (Å²) < 4.78 is 4.29. The number of nitrogens with zero attached hydrogens (tertiary/aromatic N) is 3. The number of fused-ring (bicyclic) bond motifs is 1. The van der Waals surface area contributed by atoms with Crippen LogP contribution < -0.4 is 5.49 Å². The van der Waals surface area contributed by atoms with Crippen molar-refractivity contribution in [3.05, 3.63) is 108 Å². The van der Waals surface area contributed by atoms with Gasteiger partial charge in [0.15, 0.2) is 0 Å². The molecule has 0 bridgehead atoms. The smallest absolute Gasteiger partial charge is 0.146 e. The van der Waals surface area contributed by atoms with Gasteiger partial charge in [-0.15, -0.1) is 0 Å². The molecule has 2 heterocycles. The van der Waals surface area contributed by atoms with Crippen molar-refractivity contribution >= 4 is 11.0 Å². The minimum atomic E-state index is 0.531. The zero-order valence-electron chi connectivity index (χ0n) is 19.6. The molecule has 0 radical (unpaired) electrons. The molecule has 170 valence electrons. The lowest BCUT2D eigenvalue weighted by atomic mass is 9.99. The summed E-state index contributed by atoms with van der Waals surface area (Å²) in [6, 6.07) is 31.5. The third kappa shape index (κ3) is 4.19. The minimum Gasteiger partial charge on any atom is -0.320 e. The van der Waals surface area contributed by atoms with Crippen molar-refractivity contribution in [2.75, 3.05) is 0 Å².